The fourth-order valence-corrected chi connectivity index (χ4v) is 4.13. The number of morpholine rings is 1. The van der Waals surface area contributed by atoms with Crippen molar-refractivity contribution in [3.05, 3.63) is 24.3 Å². The summed E-state index contributed by atoms with van der Waals surface area (Å²) in [5.74, 6) is 0.471. The summed E-state index contributed by atoms with van der Waals surface area (Å²) in [4.78, 5) is 28.9. The lowest BCUT2D eigenvalue weighted by Crippen LogP contribution is -2.47. The average Bonchev–Trinajstić information content (AvgIpc) is 2.78. The molecule has 2 N–H and O–H groups in total. The molecule has 1 aliphatic carbocycles. The van der Waals surface area contributed by atoms with Gasteiger partial charge >= 0.3 is 0 Å². The number of ether oxygens (including phenoxy) is 1. The first-order valence-corrected chi connectivity index (χ1v) is 11.2. The zero-order chi connectivity index (χ0) is 21.3. The predicted molar refractivity (Wildman–Crippen MR) is 120 cm³/mol. The minimum atomic E-state index is -0.344. The third-order valence-electron chi connectivity index (χ3n) is 6.25. The molecule has 0 aromatic heterocycles. The predicted octanol–water partition coefficient (Wildman–Crippen LogP) is 2.48. The normalized spacial score (nSPS) is 18.8. The molecule has 1 aromatic carbocycles. The van der Waals surface area contributed by atoms with Crippen molar-refractivity contribution < 1.29 is 14.3 Å². The van der Waals surface area contributed by atoms with Crippen LogP contribution in [-0.2, 0) is 14.3 Å². The van der Waals surface area contributed by atoms with Crippen molar-refractivity contribution in [1.82, 2.24) is 10.2 Å². The van der Waals surface area contributed by atoms with Gasteiger partial charge in [0.2, 0.25) is 11.8 Å². The van der Waals surface area contributed by atoms with Gasteiger partial charge in [0, 0.05) is 31.0 Å². The Labute approximate surface area is 180 Å². The SMILES string of the molecule is C[C@H](C(=O)NCC1CCCCC1)N(C)CC(=O)Nc1ccc(N2CCOCC2)cc1. The van der Waals surface area contributed by atoms with Crippen molar-refractivity contribution >= 4 is 23.2 Å². The molecule has 1 saturated carbocycles. The topological polar surface area (TPSA) is 73.9 Å². The molecule has 3 rings (SSSR count). The number of hydrogen-bond donors (Lipinski definition) is 2. The van der Waals surface area contributed by atoms with Crippen LogP contribution in [0, 0.1) is 5.92 Å². The van der Waals surface area contributed by atoms with Gasteiger partial charge in [-0.2, -0.15) is 0 Å². The highest BCUT2D eigenvalue weighted by Crippen LogP contribution is 2.23. The summed E-state index contributed by atoms with van der Waals surface area (Å²) in [6.07, 6.45) is 6.26. The third kappa shape index (κ3) is 6.71. The Hall–Kier alpha value is -2.12. The van der Waals surface area contributed by atoms with Gasteiger partial charge in [-0.05, 0) is 57.0 Å². The van der Waals surface area contributed by atoms with Crippen LogP contribution in [0.5, 0.6) is 0 Å². The molecule has 7 heteroatoms. The number of carbonyl (C=O) groups is 2. The fourth-order valence-electron chi connectivity index (χ4n) is 4.13. The van der Waals surface area contributed by atoms with Crippen molar-refractivity contribution in [1.29, 1.82) is 0 Å². The van der Waals surface area contributed by atoms with E-state index in [2.05, 4.69) is 15.5 Å². The second kappa shape index (κ2) is 11.3. The van der Waals surface area contributed by atoms with Crippen LogP contribution in [0.1, 0.15) is 39.0 Å². The monoisotopic (exact) mass is 416 g/mol. The maximum atomic E-state index is 12.5. The molecule has 0 bridgehead atoms. The molecule has 1 atom stereocenters. The Morgan fingerprint density at radius 2 is 1.80 bits per heavy atom. The highest BCUT2D eigenvalue weighted by Gasteiger charge is 2.22. The van der Waals surface area contributed by atoms with Gasteiger partial charge in [-0.15, -0.1) is 0 Å². The summed E-state index contributed by atoms with van der Waals surface area (Å²) in [5, 5.41) is 5.99. The van der Waals surface area contributed by atoms with E-state index in [0.717, 1.165) is 44.2 Å². The first-order valence-electron chi connectivity index (χ1n) is 11.2. The van der Waals surface area contributed by atoms with Crippen molar-refractivity contribution in [2.75, 3.05) is 56.7 Å². The molecule has 30 heavy (non-hydrogen) atoms. The van der Waals surface area contributed by atoms with Crippen LogP contribution in [0.25, 0.3) is 0 Å². The standard InChI is InChI=1S/C23H36N4O3/c1-18(23(29)24-16-19-6-4-3-5-7-19)26(2)17-22(28)25-20-8-10-21(11-9-20)27-12-14-30-15-13-27/h8-11,18-19H,3-7,12-17H2,1-2H3,(H,24,29)(H,25,28)/t18-/m1/s1. The van der Waals surface area contributed by atoms with E-state index in [1.165, 1.54) is 32.1 Å². The van der Waals surface area contributed by atoms with E-state index >= 15 is 0 Å². The van der Waals surface area contributed by atoms with Crippen LogP contribution in [0.4, 0.5) is 11.4 Å². The van der Waals surface area contributed by atoms with Gasteiger partial charge in [0.25, 0.3) is 0 Å². The molecule has 2 amide bonds. The Morgan fingerprint density at radius 1 is 1.13 bits per heavy atom. The van der Waals surface area contributed by atoms with Crippen molar-refractivity contribution in [2.24, 2.45) is 5.92 Å². The maximum Gasteiger partial charge on any atom is 0.238 e. The zero-order valence-electron chi connectivity index (χ0n) is 18.4. The van der Waals surface area contributed by atoms with E-state index < -0.39 is 0 Å². The molecule has 0 spiro atoms. The van der Waals surface area contributed by atoms with Gasteiger partial charge in [0.1, 0.15) is 0 Å². The van der Waals surface area contributed by atoms with Crippen LogP contribution < -0.4 is 15.5 Å². The maximum absolute atomic E-state index is 12.5. The molecule has 1 aromatic rings. The zero-order valence-corrected chi connectivity index (χ0v) is 18.4. The molecule has 1 aliphatic heterocycles. The lowest BCUT2D eigenvalue weighted by molar-refractivity contribution is -0.126. The van der Waals surface area contributed by atoms with E-state index in [9.17, 15) is 9.59 Å². The molecule has 2 aliphatic rings. The van der Waals surface area contributed by atoms with Crippen molar-refractivity contribution in [3.63, 3.8) is 0 Å². The number of rotatable bonds is 8. The Morgan fingerprint density at radius 3 is 2.47 bits per heavy atom. The van der Waals surface area contributed by atoms with Crippen molar-refractivity contribution in [3.8, 4) is 0 Å². The summed E-state index contributed by atoms with van der Waals surface area (Å²) in [6.45, 7) is 6.03. The summed E-state index contributed by atoms with van der Waals surface area (Å²) in [6, 6.07) is 7.53. The molecular formula is C23H36N4O3. The summed E-state index contributed by atoms with van der Waals surface area (Å²) >= 11 is 0. The second-order valence-corrected chi connectivity index (χ2v) is 8.53. The molecular weight excluding hydrogens is 380 g/mol. The van der Waals surface area contributed by atoms with E-state index in [1.54, 1.807) is 4.90 Å². The number of nitrogens with one attached hydrogen (secondary N) is 2. The summed E-state index contributed by atoms with van der Waals surface area (Å²) in [5.41, 5.74) is 1.90. The van der Waals surface area contributed by atoms with Gasteiger partial charge in [-0.25, -0.2) is 0 Å². The molecule has 0 radical (unpaired) electrons. The van der Waals surface area contributed by atoms with Gasteiger partial charge in [0.05, 0.1) is 25.8 Å². The Kier molecular flexibility index (Phi) is 8.51. The minimum absolute atomic E-state index is 0.00858. The second-order valence-electron chi connectivity index (χ2n) is 8.53. The smallest absolute Gasteiger partial charge is 0.238 e. The lowest BCUT2D eigenvalue weighted by atomic mass is 9.89. The van der Waals surface area contributed by atoms with Crippen LogP contribution in [-0.4, -0.2) is 69.2 Å². The molecule has 1 saturated heterocycles. The van der Waals surface area contributed by atoms with E-state index in [4.69, 9.17) is 4.74 Å². The van der Waals surface area contributed by atoms with Gasteiger partial charge in [-0.1, -0.05) is 19.3 Å². The van der Waals surface area contributed by atoms with E-state index in [-0.39, 0.29) is 24.4 Å². The Bertz CT molecular complexity index is 682. The number of anilines is 2. The number of amides is 2. The number of nitrogens with zero attached hydrogens (tertiary/aromatic N) is 2. The van der Waals surface area contributed by atoms with Crippen LogP contribution in [0.15, 0.2) is 24.3 Å². The molecule has 0 unspecified atom stereocenters. The number of hydrogen-bond acceptors (Lipinski definition) is 5. The van der Waals surface area contributed by atoms with Crippen LogP contribution >= 0.6 is 0 Å². The molecule has 1 heterocycles. The molecule has 2 fully saturated rings. The first kappa shape index (κ1) is 22.6. The van der Waals surface area contributed by atoms with E-state index in [0.29, 0.717) is 5.92 Å². The third-order valence-corrected chi connectivity index (χ3v) is 6.25. The van der Waals surface area contributed by atoms with E-state index in [1.807, 2.05) is 38.2 Å². The average molecular weight is 417 g/mol. The van der Waals surface area contributed by atoms with Crippen molar-refractivity contribution in [2.45, 2.75) is 45.1 Å². The summed E-state index contributed by atoms with van der Waals surface area (Å²) in [7, 11) is 1.81. The highest BCUT2D eigenvalue weighted by molar-refractivity contribution is 5.93. The largest absolute Gasteiger partial charge is 0.378 e. The summed E-state index contributed by atoms with van der Waals surface area (Å²) < 4.78 is 5.38. The number of likely N-dealkylation sites (N-methyl/N-ethyl adjacent to an activating group) is 1. The minimum Gasteiger partial charge on any atom is -0.378 e. The lowest BCUT2D eigenvalue weighted by Gasteiger charge is -2.29. The first-order chi connectivity index (χ1) is 14.5. The highest BCUT2D eigenvalue weighted by atomic mass is 16.5. The number of benzene rings is 1. The van der Waals surface area contributed by atoms with Crippen LogP contribution in [0.3, 0.4) is 0 Å². The molecule has 7 nitrogen and oxygen atoms in total. The van der Waals surface area contributed by atoms with Crippen LogP contribution in [0.2, 0.25) is 0 Å². The van der Waals surface area contributed by atoms with Gasteiger partial charge in [0.15, 0.2) is 0 Å². The fraction of sp³-hybridized carbons (Fsp3) is 0.652. The van der Waals surface area contributed by atoms with Gasteiger partial charge in [-0.3, -0.25) is 14.5 Å². The Balaban J connectivity index is 1.41. The number of carbonyl (C=O) groups excluding carboxylic acids is 2. The van der Waals surface area contributed by atoms with Gasteiger partial charge < -0.3 is 20.3 Å². The molecule has 166 valence electrons. The quantitative estimate of drug-likeness (QED) is 0.681.